The average Bonchev–Trinajstić information content (AvgIpc) is 3.16. The van der Waals surface area contributed by atoms with Gasteiger partial charge < -0.3 is 0 Å². The molecule has 0 saturated heterocycles. The van der Waals surface area contributed by atoms with E-state index in [9.17, 15) is 0 Å². The fraction of sp³-hybridized carbons (Fsp3) is 0.0476. The van der Waals surface area contributed by atoms with Crippen molar-refractivity contribution < 1.29 is 4.68 Å². The molecule has 1 aromatic heterocycles. The molecule has 3 aromatic carbocycles. The third-order valence-electron chi connectivity index (χ3n) is 4.67. The number of hydrogen-bond acceptors (Lipinski definition) is 0. The van der Waals surface area contributed by atoms with Crippen LogP contribution in [0.5, 0.6) is 0 Å². The predicted octanol–water partition coefficient (Wildman–Crippen LogP) is 4.50. The van der Waals surface area contributed by atoms with Gasteiger partial charge in [-0.15, -0.1) is 9.36 Å². The van der Waals surface area contributed by atoms with Gasteiger partial charge in [0.25, 0.3) is 0 Å². The molecule has 0 radical (unpaired) electrons. The lowest BCUT2D eigenvalue weighted by Gasteiger charge is -2.04. The molecule has 4 aromatic rings. The van der Waals surface area contributed by atoms with Crippen molar-refractivity contribution >= 4 is 16.6 Å². The van der Waals surface area contributed by atoms with E-state index in [2.05, 4.69) is 68.9 Å². The highest BCUT2D eigenvalue weighted by Gasteiger charge is 2.29. The van der Waals surface area contributed by atoms with Gasteiger partial charge in [0, 0.05) is 5.56 Å². The lowest BCUT2D eigenvalue weighted by molar-refractivity contribution is -0.749. The van der Waals surface area contributed by atoms with Crippen LogP contribution in [0.25, 0.3) is 32.6 Å². The highest BCUT2D eigenvalue weighted by atomic mass is 15.4. The Morgan fingerprint density at radius 3 is 2.62 bits per heavy atom. The van der Waals surface area contributed by atoms with Crippen LogP contribution in [0.4, 0.5) is 5.69 Å². The molecule has 112 valence electrons. The Morgan fingerprint density at radius 1 is 0.917 bits per heavy atom. The van der Waals surface area contributed by atoms with E-state index >= 15 is 0 Å². The minimum Gasteiger partial charge on any atom is -0.236 e. The van der Waals surface area contributed by atoms with E-state index in [1.54, 1.807) is 0 Å². The smallest absolute Gasteiger partial charge is 0.217 e. The van der Waals surface area contributed by atoms with Crippen LogP contribution in [0, 0.1) is 6.57 Å². The van der Waals surface area contributed by atoms with Gasteiger partial charge in [0.05, 0.1) is 12.0 Å². The molecule has 5 rings (SSSR count). The summed E-state index contributed by atoms with van der Waals surface area (Å²) in [6, 6.07) is 22.9. The van der Waals surface area contributed by atoms with Crippen LogP contribution in [0.3, 0.4) is 0 Å². The average molecular weight is 308 g/mol. The molecule has 1 aliphatic rings. The minimum absolute atomic E-state index is 0.700. The Labute approximate surface area is 139 Å². The second kappa shape index (κ2) is 4.81. The summed E-state index contributed by atoms with van der Waals surface area (Å²) in [5.74, 6) is 0. The summed E-state index contributed by atoms with van der Waals surface area (Å²) in [6.07, 6.45) is 2.13. The van der Waals surface area contributed by atoms with Gasteiger partial charge in [-0.1, -0.05) is 48.5 Å². The summed E-state index contributed by atoms with van der Waals surface area (Å²) >= 11 is 0. The Hall–Kier alpha value is -3.38. The van der Waals surface area contributed by atoms with Crippen molar-refractivity contribution in [3.8, 4) is 16.8 Å². The number of rotatable bonds is 1. The molecular weight excluding hydrogens is 294 g/mol. The molecule has 24 heavy (non-hydrogen) atoms. The first-order valence-electron chi connectivity index (χ1n) is 7.95. The van der Waals surface area contributed by atoms with E-state index in [1.165, 1.54) is 22.4 Å². The molecule has 2 heterocycles. The molecule has 0 fully saturated rings. The summed E-state index contributed by atoms with van der Waals surface area (Å²) in [7, 11) is 0. The molecule has 0 aliphatic carbocycles. The minimum atomic E-state index is 0.700. The number of aromatic nitrogens is 2. The van der Waals surface area contributed by atoms with Crippen LogP contribution >= 0.6 is 0 Å². The van der Waals surface area contributed by atoms with E-state index < -0.39 is 0 Å². The quantitative estimate of drug-likeness (QED) is 0.320. The summed E-state index contributed by atoms with van der Waals surface area (Å²) in [4.78, 5) is 3.70. The van der Waals surface area contributed by atoms with Crippen LogP contribution in [0.15, 0.2) is 72.9 Å². The van der Waals surface area contributed by atoms with Crippen molar-refractivity contribution in [3.05, 3.63) is 89.9 Å². The maximum Gasteiger partial charge on any atom is 0.217 e. The molecule has 1 aliphatic heterocycles. The van der Waals surface area contributed by atoms with Crippen LogP contribution in [0.2, 0.25) is 0 Å². The fourth-order valence-electron chi connectivity index (χ4n) is 3.60. The van der Waals surface area contributed by atoms with Gasteiger partial charge in [-0.05, 0) is 29.3 Å². The van der Waals surface area contributed by atoms with E-state index in [0.29, 0.717) is 5.69 Å². The van der Waals surface area contributed by atoms with Crippen molar-refractivity contribution in [2.24, 2.45) is 0 Å². The van der Waals surface area contributed by atoms with E-state index in [1.807, 2.05) is 18.2 Å². The Balaban J connectivity index is 1.73. The zero-order valence-electron chi connectivity index (χ0n) is 13.0. The molecule has 0 N–H and O–H groups in total. The maximum atomic E-state index is 7.46. The predicted molar refractivity (Wildman–Crippen MR) is 94.3 cm³/mol. The second-order valence-corrected chi connectivity index (χ2v) is 6.07. The van der Waals surface area contributed by atoms with Gasteiger partial charge in [-0.3, -0.25) is 0 Å². The first kappa shape index (κ1) is 13.1. The molecule has 0 unspecified atom stereocenters. The van der Waals surface area contributed by atoms with Crippen molar-refractivity contribution in [2.45, 2.75) is 6.54 Å². The number of nitrogens with zero attached hydrogens (tertiary/aromatic N) is 3. The number of hydrogen-bond donors (Lipinski definition) is 0. The normalized spacial score (nSPS) is 12.0. The topological polar surface area (TPSA) is 13.2 Å². The van der Waals surface area contributed by atoms with E-state index in [-0.39, 0.29) is 0 Å². The lowest BCUT2D eigenvalue weighted by Crippen LogP contribution is -2.36. The molecule has 0 atom stereocenters. The zero-order valence-corrected chi connectivity index (χ0v) is 13.0. The van der Waals surface area contributed by atoms with Gasteiger partial charge in [-0.2, -0.15) is 0 Å². The third-order valence-corrected chi connectivity index (χ3v) is 4.67. The number of benzene rings is 3. The van der Waals surface area contributed by atoms with Gasteiger partial charge in [0.2, 0.25) is 11.9 Å². The third kappa shape index (κ3) is 1.74. The van der Waals surface area contributed by atoms with Crippen molar-refractivity contribution in [3.63, 3.8) is 0 Å². The van der Waals surface area contributed by atoms with Crippen LogP contribution in [-0.4, -0.2) is 4.68 Å². The number of fused-ring (bicyclic) bond motifs is 5. The first-order chi connectivity index (χ1) is 11.8. The van der Waals surface area contributed by atoms with Gasteiger partial charge >= 0.3 is 0 Å². The molecule has 3 nitrogen and oxygen atoms in total. The van der Waals surface area contributed by atoms with Crippen LogP contribution in [-0.2, 0) is 6.54 Å². The van der Waals surface area contributed by atoms with Crippen LogP contribution in [0.1, 0.15) is 5.56 Å². The monoisotopic (exact) mass is 308 g/mol. The highest BCUT2D eigenvalue weighted by molar-refractivity contribution is 5.92. The Kier molecular flexibility index (Phi) is 2.62. The van der Waals surface area contributed by atoms with Gasteiger partial charge in [-0.25, -0.2) is 4.85 Å². The van der Waals surface area contributed by atoms with E-state index in [0.717, 1.165) is 17.4 Å². The molecule has 0 bridgehead atoms. The van der Waals surface area contributed by atoms with Gasteiger partial charge in [0.15, 0.2) is 6.54 Å². The summed E-state index contributed by atoms with van der Waals surface area (Å²) in [5.41, 5.74) is 6.62. The van der Waals surface area contributed by atoms with Crippen molar-refractivity contribution in [2.75, 3.05) is 0 Å². The molecule has 0 spiro atoms. The maximum absolute atomic E-state index is 7.46. The molecular formula is C21H14N3+. The molecule has 0 saturated carbocycles. The molecule has 3 heteroatoms. The first-order valence-corrected chi connectivity index (χ1v) is 7.95. The SMILES string of the molecule is [C-]#[N+]c1cccc2c[n+]3n(c12)-c1ccc(-c2ccccc2)cc1C3. The summed E-state index contributed by atoms with van der Waals surface area (Å²) < 4.78 is 4.37. The summed E-state index contributed by atoms with van der Waals surface area (Å²) in [5, 5.41) is 1.11. The van der Waals surface area contributed by atoms with Crippen molar-refractivity contribution in [1.82, 2.24) is 4.68 Å². The fourth-order valence-corrected chi connectivity index (χ4v) is 3.60. The standard InChI is InChI=1S/C21H14N3/c1-22-19-9-5-8-17-13-23-14-18-12-16(15-6-3-2-4-7-15)10-11-20(18)24(23)21(17)19/h2-13H,14H2/q+1. The highest BCUT2D eigenvalue weighted by Crippen LogP contribution is 2.33. The number of para-hydroxylation sites is 1. The second-order valence-electron chi connectivity index (χ2n) is 6.07. The Bertz CT molecular complexity index is 1130. The summed E-state index contributed by atoms with van der Waals surface area (Å²) in [6.45, 7) is 8.30. The zero-order chi connectivity index (χ0) is 16.1. The lowest BCUT2D eigenvalue weighted by atomic mass is 10.0. The van der Waals surface area contributed by atoms with Crippen LogP contribution < -0.4 is 4.68 Å². The van der Waals surface area contributed by atoms with Gasteiger partial charge in [0.1, 0.15) is 11.2 Å². The Morgan fingerprint density at radius 2 is 1.79 bits per heavy atom. The largest absolute Gasteiger partial charge is 0.236 e. The molecule has 0 amide bonds. The van der Waals surface area contributed by atoms with Crippen molar-refractivity contribution in [1.29, 1.82) is 0 Å². The van der Waals surface area contributed by atoms with E-state index in [4.69, 9.17) is 6.57 Å².